The van der Waals surface area contributed by atoms with Crippen LogP contribution in [0.15, 0.2) is 34.8 Å². The number of halogens is 1. The van der Waals surface area contributed by atoms with E-state index in [-0.39, 0.29) is 16.7 Å². The Morgan fingerprint density at radius 3 is 2.23 bits per heavy atom. The molecule has 0 spiro atoms. The number of anilines is 1. The molecule has 0 fully saturated rings. The molecule has 6 heteroatoms. The highest BCUT2D eigenvalue weighted by Crippen LogP contribution is 2.38. The molecule has 0 aromatic heterocycles. The van der Waals surface area contributed by atoms with Crippen molar-refractivity contribution < 1.29 is 9.59 Å². The van der Waals surface area contributed by atoms with Crippen LogP contribution in [0.3, 0.4) is 0 Å². The van der Waals surface area contributed by atoms with Gasteiger partial charge in [0.1, 0.15) is 0 Å². The Bertz CT molecular complexity index is 861. The van der Waals surface area contributed by atoms with Crippen molar-refractivity contribution in [1.82, 2.24) is 0 Å². The van der Waals surface area contributed by atoms with Gasteiger partial charge in [-0.1, -0.05) is 24.3 Å². The SMILES string of the molecule is Cc1cc(Br)c2c(c1NC(N)=S)C(=O)c1ccccc1C2=O. The number of carbonyl (C=O) groups is 2. The van der Waals surface area contributed by atoms with Gasteiger partial charge < -0.3 is 11.1 Å². The number of rotatable bonds is 1. The van der Waals surface area contributed by atoms with Crippen LogP contribution in [0.4, 0.5) is 5.69 Å². The van der Waals surface area contributed by atoms with Gasteiger partial charge in [-0.3, -0.25) is 9.59 Å². The number of thiocarbonyl (C=S) groups is 1. The quantitative estimate of drug-likeness (QED) is 0.640. The summed E-state index contributed by atoms with van der Waals surface area (Å²) < 4.78 is 0.585. The fourth-order valence-electron chi connectivity index (χ4n) is 2.66. The lowest BCUT2D eigenvalue weighted by Gasteiger charge is -2.23. The molecule has 0 saturated carbocycles. The van der Waals surface area contributed by atoms with Crippen molar-refractivity contribution in [2.45, 2.75) is 6.92 Å². The largest absolute Gasteiger partial charge is 0.376 e. The Balaban J connectivity index is 2.36. The van der Waals surface area contributed by atoms with E-state index in [4.69, 9.17) is 18.0 Å². The zero-order valence-corrected chi connectivity index (χ0v) is 14.0. The van der Waals surface area contributed by atoms with E-state index in [1.165, 1.54) is 0 Å². The van der Waals surface area contributed by atoms with Crippen LogP contribution < -0.4 is 11.1 Å². The van der Waals surface area contributed by atoms with Crippen LogP contribution in [0.25, 0.3) is 0 Å². The topological polar surface area (TPSA) is 72.2 Å². The average Bonchev–Trinajstić information content (AvgIpc) is 2.47. The summed E-state index contributed by atoms with van der Waals surface area (Å²) in [6.07, 6.45) is 0. The predicted octanol–water partition coefficient (Wildman–Crippen LogP) is 3.19. The van der Waals surface area contributed by atoms with Gasteiger partial charge in [0.2, 0.25) is 0 Å². The number of fused-ring (bicyclic) bond motifs is 2. The molecular formula is C16H11BrN2O2S. The van der Waals surface area contributed by atoms with Crippen LogP contribution >= 0.6 is 28.1 Å². The highest BCUT2D eigenvalue weighted by Gasteiger charge is 2.34. The molecule has 1 aliphatic rings. The lowest BCUT2D eigenvalue weighted by molar-refractivity contribution is 0.0979. The standard InChI is InChI=1S/C16H11BrN2O2S/c1-7-6-10(17)11-12(13(7)19-16(18)22)15(21)9-5-3-2-4-8(9)14(11)20/h2-6H,1H3,(H3,18,19,22). The van der Waals surface area contributed by atoms with Gasteiger partial charge in [0, 0.05) is 15.6 Å². The second kappa shape index (κ2) is 5.30. The van der Waals surface area contributed by atoms with E-state index >= 15 is 0 Å². The Kier molecular flexibility index (Phi) is 3.58. The van der Waals surface area contributed by atoms with Gasteiger partial charge in [-0.15, -0.1) is 0 Å². The highest BCUT2D eigenvalue weighted by atomic mass is 79.9. The van der Waals surface area contributed by atoms with Crippen molar-refractivity contribution in [2.75, 3.05) is 5.32 Å². The summed E-state index contributed by atoms with van der Waals surface area (Å²) in [6.45, 7) is 1.82. The van der Waals surface area contributed by atoms with Gasteiger partial charge >= 0.3 is 0 Å². The second-order valence-corrected chi connectivity index (χ2v) is 6.29. The van der Waals surface area contributed by atoms with Crippen molar-refractivity contribution in [1.29, 1.82) is 0 Å². The molecule has 3 N–H and O–H groups in total. The monoisotopic (exact) mass is 374 g/mol. The van der Waals surface area contributed by atoms with Crippen molar-refractivity contribution >= 4 is 50.5 Å². The van der Waals surface area contributed by atoms with E-state index in [9.17, 15) is 9.59 Å². The average molecular weight is 375 g/mol. The molecule has 4 nitrogen and oxygen atoms in total. The lowest BCUT2D eigenvalue weighted by Crippen LogP contribution is -2.27. The smallest absolute Gasteiger partial charge is 0.196 e. The number of ketones is 2. The molecule has 0 saturated heterocycles. The number of nitrogens with one attached hydrogen (secondary N) is 1. The number of aryl methyl sites for hydroxylation is 1. The van der Waals surface area contributed by atoms with Gasteiger partial charge in [0.25, 0.3) is 0 Å². The molecule has 0 unspecified atom stereocenters. The van der Waals surface area contributed by atoms with E-state index in [0.29, 0.717) is 32.4 Å². The fourth-order valence-corrected chi connectivity index (χ4v) is 3.48. The molecule has 0 heterocycles. The van der Waals surface area contributed by atoms with Crippen LogP contribution in [0.2, 0.25) is 0 Å². The van der Waals surface area contributed by atoms with E-state index in [2.05, 4.69) is 21.2 Å². The number of benzene rings is 2. The Morgan fingerprint density at radius 1 is 1.14 bits per heavy atom. The van der Waals surface area contributed by atoms with E-state index in [1.54, 1.807) is 30.3 Å². The minimum Gasteiger partial charge on any atom is -0.376 e. The molecular weight excluding hydrogens is 364 g/mol. The third kappa shape index (κ3) is 2.15. The van der Waals surface area contributed by atoms with Gasteiger partial charge in [-0.05, 0) is 46.7 Å². The summed E-state index contributed by atoms with van der Waals surface area (Å²) in [7, 11) is 0. The van der Waals surface area contributed by atoms with Gasteiger partial charge in [-0.25, -0.2) is 0 Å². The maximum absolute atomic E-state index is 12.9. The zero-order valence-electron chi connectivity index (χ0n) is 11.6. The first-order valence-electron chi connectivity index (χ1n) is 6.49. The molecule has 0 bridgehead atoms. The van der Waals surface area contributed by atoms with Crippen molar-refractivity contribution in [3.8, 4) is 0 Å². The maximum atomic E-state index is 12.9. The highest BCUT2D eigenvalue weighted by molar-refractivity contribution is 9.10. The minimum atomic E-state index is -0.214. The normalized spacial score (nSPS) is 12.6. The molecule has 3 rings (SSSR count). The summed E-state index contributed by atoms with van der Waals surface area (Å²) in [4.78, 5) is 25.6. The summed E-state index contributed by atoms with van der Waals surface area (Å²) >= 11 is 8.27. The van der Waals surface area contributed by atoms with Gasteiger partial charge in [0.05, 0.1) is 16.8 Å². The molecule has 1 aliphatic carbocycles. The van der Waals surface area contributed by atoms with Crippen LogP contribution in [0.5, 0.6) is 0 Å². The van der Waals surface area contributed by atoms with Crippen LogP contribution in [-0.4, -0.2) is 16.7 Å². The second-order valence-electron chi connectivity index (χ2n) is 4.99. The van der Waals surface area contributed by atoms with E-state index < -0.39 is 0 Å². The van der Waals surface area contributed by atoms with E-state index in [1.807, 2.05) is 6.92 Å². The molecule has 0 amide bonds. The number of carbonyl (C=O) groups excluding carboxylic acids is 2. The molecule has 110 valence electrons. The molecule has 2 aromatic rings. The number of hydrogen-bond acceptors (Lipinski definition) is 3. The predicted molar refractivity (Wildman–Crippen MR) is 92.6 cm³/mol. The van der Waals surface area contributed by atoms with Crippen LogP contribution in [0.1, 0.15) is 37.4 Å². The van der Waals surface area contributed by atoms with Crippen molar-refractivity contribution in [3.05, 3.63) is 62.6 Å². The zero-order chi connectivity index (χ0) is 16.0. The third-order valence-corrected chi connectivity index (χ3v) is 4.32. The Morgan fingerprint density at radius 2 is 1.68 bits per heavy atom. The first kappa shape index (κ1) is 14.9. The first-order chi connectivity index (χ1) is 10.4. The molecule has 0 atom stereocenters. The van der Waals surface area contributed by atoms with Crippen LogP contribution in [0, 0.1) is 6.92 Å². The lowest BCUT2D eigenvalue weighted by atomic mass is 9.82. The number of hydrogen-bond donors (Lipinski definition) is 2. The van der Waals surface area contributed by atoms with Gasteiger partial charge in [-0.2, -0.15) is 0 Å². The molecule has 0 aliphatic heterocycles. The minimum absolute atomic E-state index is 0.0479. The first-order valence-corrected chi connectivity index (χ1v) is 7.70. The Labute approximate surface area is 140 Å². The molecule has 0 radical (unpaired) electrons. The van der Waals surface area contributed by atoms with Crippen molar-refractivity contribution in [3.63, 3.8) is 0 Å². The molecule has 22 heavy (non-hydrogen) atoms. The summed E-state index contributed by atoms with van der Waals surface area (Å²) in [6, 6.07) is 8.56. The maximum Gasteiger partial charge on any atom is 0.196 e. The Hall–Kier alpha value is -2.05. The summed E-state index contributed by atoms with van der Waals surface area (Å²) in [5, 5.41) is 2.87. The third-order valence-electron chi connectivity index (χ3n) is 3.60. The van der Waals surface area contributed by atoms with E-state index in [0.717, 1.165) is 5.56 Å². The number of nitrogens with two attached hydrogens (primary N) is 1. The van der Waals surface area contributed by atoms with Crippen molar-refractivity contribution in [2.24, 2.45) is 5.73 Å². The van der Waals surface area contributed by atoms with Gasteiger partial charge in [0.15, 0.2) is 16.7 Å². The van der Waals surface area contributed by atoms with Crippen LogP contribution in [-0.2, 0) is 0 Å². The molecule has 2 aromatic carbocycles. The fraction of sp³-hybridized carbons (Fsp3) is 0.0625. The summed E-state index contributed by atoms with van der Waals surface area (Å²) in [5.74, 6) is -0.406. The summed E-state index contributed by atoms with van der Waals surface area (Å²) in [5.41, 5.74) is 8.26.